The Hall–Kier alpha value is -0.420. The van der Waals surface area contributed by atoms with Crippen molar-refractivity contribution in [3.8, 4) is 0 Å². The molecule has 3 aliphatic heterocycles. The Morgan fingerprint density at radius 3 is 2.76 bits per heavy atom. The molecule has 4 heterocycles. The standard InChI is InChI=1S/C13H21N3S/c14-12(2-1-11-3-8-17-10-11)13-9-15-4-6-16(13)7-5-15/h3,8,10,12-13H,1-2,4-7,9,14H2. The minimum Gasteiger partial charge on any atom is -0.326 e. The number of nitrogens with two attached hydrogens (primary N) is 1. The predicted molar refractivity (Wildman–Crippen MR) is 72.4 cm³/mol. The van der Waals surface area contributed by atoms with Gasteiger partial charge in [-0.05, 0) is 35.2 Å². The van der Waals surface area contributed by atoms with Gasteiger partial charge in [0.25, 0.3) is 0 Å². The molecule has 1 aromatic heterocycles. The maximum Gasteiger partial charge on any atom is 0.0375 e. The molecule has 3 nitrogen and oxygen atoms in total. The van der Waals surface area contributed by atoms with Gasteiger partial charge in [0, 0.05) is 44.8 Å². The van der Waals surface area contributed by atoms with Crippen molar-refractivity contribution in [2.75, 3.05) is 32.7 Å². The van der Waals surface area contributed by atoms with E-state index >= 15 is 0 Å². The number of thiophene rings is 1. The first-order valence-electron chi connectivity index (χ1n) is 6.56. The highest BCUT2D eigenvalue weighted by molar-refractivity contribution is 7.07. The van der Waals surface area contributed by atoms with Crippen LogP contribution in [0, 0.1) is 0 Å². The molecule has 3 fully saturated rings. The fourth-order valence-corrected chi connectivity index (χ4v) is 3.73. The predicted octanol–water partition coefficient (Wildman–Crippen LogP) is 1.01. The smallest absolute Gasteiger partial charge is 0.0375 e. The van der Waals surface area contributed by atoms with Crippen molar-refractivity contribution in [1.82, 2.24) is 9.80 Å². The Morgan fingerprint density at radius 1 is 1.35 bits per heavy atom. The maximum atomic E-state index is 6.39. The van der Waals surface area contributed by atoms with Crippen molar-refractivity contribution in [2.45, 2.75) is 24.9 Å². The van der Waals surface area contributed by atoms with Gasteiger partial charge in [0.05, 0.1) is 0 Å². The van der Waals surface area contributed by atoms with Crippen LogP contribution in [0.25, 0.3) is 0 Å². The zero-order chi connectivity index (χ0) is 11.7. The summed E-state index contributed by atoms with van der Waals surface area (Å²) in [7, 11) is 0. The topological polar surface area (TPSA) is 32.5 Å². The molecule has 0 radical (unpaired) electrons. The number of hydrogen-bond acceptors (Lipinski definition) is 4. The summed E-state index contributed by atoms with van der Waals surface area (Å²) in [6.45, 7) is 6.11. The SMILES string of the molecule is NC(CCc1ccsc1)C1CN2CCN1CC2. The Bertz CT molecular complexity index is 344. The van der Waals surface area contributed by atoms with Gasteiger partial charge in [-0.25, -0.2) is 0 Å². The largest absolute Gasteiger partial charge is 0.326 e. The molecule has 0 saturated carbocycles. The van der Waals surface area contributed by atoms with E-state index in [4.69, 9.17) is 5.73 Å². The summed E-state index contributed by atoms with van der Waals surface area (Å²) in [4.78, 5) is 5.16. The van der Waals surface area contributed by atoms with E-state index in [1.165, 1.54) is 38.3 Å². The Labute approximate surface area is 107 Å². The summed E-state index contributed by atoms with van der Waals surface area (Å²) in [5.41, 5.74) is 7.83. The molecule has 2 unspecified atom stereocenters. The Balaban J connectivity index is 1.54. The average molecular weight is 251 g/mol. The van der Waals surface area contributed by atoms with Gasteiger partial charge in [0.2, 0.25) is 0 Å². The van der Waals surface area contributed by atoms with Gasteiger partial charge in [-0.3, -0.25) is 9.80 Å². The van der Waals surface area contributed by atoms with Gasteiger partial charge in [-0.2, -0.15) is 11.3 Å². The molecule has 94 valence electrons. The second-order valence-electron chi connectivity index (χ2n) is 5.24. The first kappa shape index (κ1) is 11.7. The summed E-state index contributed by atoms with van der Waals surface area (Å²) < 4.78 is 0. The van der Waals surface area contributed by atoms with Gasteiger partial charge in [0.15, 0.2) is 0 Å². The third-order valence-electron chi connectivity index (χ3n) is 4.16. The van der Waals surface area contributed by atoms with Gasteiger partial charge in [-0.1, -0.05) is 0 Å². The van der Waals surface area contributed by atoms with Crippen LogP contribution < -0.4 is 5.73 Å². The number of piperazine rings is 3. The molecule has 2 N–H and O–H groups in total. The fraction of sp³-hybridized carbons (Fsp3) is 0.692. The number of aryl methyl sites for hydroxylation is 1. The zero-order valence-electron chi connectivity index (χ0n) is 10.2. The number of fused-ring (bicyclic) bond motifs is 3. The van der Waals surface area contributed by atoms with Crippen LogP contribution in [0.15, 0.2) is 16.8 Å². The monoisotopic (exact) mass is 251 g/mol. The Morgan fingerprint density at radius 2 is 2.18 bits per heavy atom. The lowest BCUT2D eigenvalue weighted by Gasteiger charge is -2.49. The summed E-state index contributed by atoms with van der Waals surface area (Å²) in [5, 5.41) is 4.39. The van der Waals surface area contributed by atoms with Crippen LogP contribution in [-0.4, -0.2) is 54.6 Å². The molecule has 4 rings (SSSR count). The average Bonchev–Trinajstić information content (AvgIpc) is 2.90. The van der Waals surface area contributed by atoms with Crippen LogP contribution in [0.1, 0.15) is 12.0 Å². The first-order valence-corrected chi connectivity index (χ1v) is 7.50. The molecule has 17 heavy (non-hydrogen) atoms. The molecule has 0 spiro atoms. The van der Waals surface area contributed by atoms with Crippen LogP contribution >= 0.6 is 11.3 Å². The third kappa shape index (κ3) is 2.55. The molecule has 3 aliphatic rings. The van der Waals surface area contributed by atoms with E-state index < -0.39 is 0 Å². The molecule has 0 amide bonds. The van der Waals surface area contributed by atoms with E-state index in [0.29, 0.717) is 12.1 Å². The van der Waals surface area contributed by atoms with Crippen molar-refractivity contribution in [1.29, 1.82) is 0 Å². The molecule has 3 saturated heterocycles. The van der Waals surface area contributed by atoms with E-state index in [1.54, 1.807) is 11.3 Å². The van der Waals surface area contributed by atoms with Crippen molar-refractivity contribution >= 4 is 11.3 Å². The molecule has 2 bridgehead atoms. The molecule has 4 heteroatoms. The summed E-state index contributed by atoms with van der Waals surface area (Å²) in [6.07, 6.45) is 2.25. The van der Waals surface area contributed by atoms with E-state index in [1.807, 2.05) is 0 Å². The summed E-state index contributed by atoms with van der Waals surface area (Å²) in [5.74, 6) is 0. The lowest BCUT2D eigenvalue weighted by Crippen LogP contribution is -2.65. The lowest BCUT2D eigenvalue weighted by molar-refractivity contribution is 0.00148. The highest BCUT2D eigenvalue weighted by Gasteiger charge is 2.34. The Kier molecular flexibility index (Phi) is 3.47. The van der Waals surface area contributed by atoms with Crippen LogP contribution in [0.4, 0.5) is 0 Å². The van der Waals surface area contributed by atoms with E-state index in [2.05, 4.69) is 26.6 Å². The fourth-order valence-electron chi connectivity index (χ4n) is 3.02. The molecule has 1 aromatic rings. The zero-order valence-corrected chi connectivity index (χ0v) is 11.0. The summed E-state index contributed by atoms with van der Waals surface area (Å²) in [6, 6.07) is 3.14. The third-order valence-corrected chi connectivity index (χ3v) is 4.89. The first-order chi connectivity index (χ1) is 8.33. The van der Waals surface area contributed by atoms with Gasteiger partial charge < -0.3 is 5.73 Å². The highest BCUT2D eigenvalue weighted by Crippen LogP contribution is 2.20. The number of nitrogens with zero attached hydrogens (tertiary/aromatic N) is 2. The van der Waals surface area contributed by atoms with Crippen molar-refractivity contribution in [3.05, 3.63) is 22.4 Å². The molecule has 2 atom stereocenters. The molecule has 0 aliphatic carbocycles. The highest BCUT2D eigenvalue weighted by atomic mass is 32.1. The van der Waals surface area contributed by atoms with Gasteiger partial charge in [0.1, 0.15) is 0 Å². The van der Waals surface area contributed by atoms with Crippen molar-refractivity contribution in [3.63, 3.8) is 0 Å². The second-order valence-corrected chi connectivity index (χ2v) is 6.02. The van der Waals surface area contributed by atoms with Crippen LogP contribution in [0.5, 0.6) is 0 Å². The van der Waals surface area contributed by atoms with Crippen LogP contribution in [0.3, 0.4) is 0 Å². The van der Waals surface area contributed by atoms with E-state index in [9.17, 15) is 0 Å². The van der Waals surface area contributed by atoms with Crippen LogP contribution in [-0.2, 0) is 6.42 Å². The maximum absolute atomic E-state index is 6.39. The van der Waals surface area contributed by atoms with E-state index in [-0.39, 0.29) is 0 Å². The minimum atomic E-state index is 0.331. The summed E-state index contributed by atoms with van der Waals surface area (Å²) >= 11 is 1.78. The normalized spacial score (nSPS) is 33.8. The van der Waals surface area contributed by atoms with Crippen molar-refractivity contribution < 1.29 is 0 Å². The molecular formula is C13H21N3S. The second kappa shape index (κ2) is 5.06. The molecular weight excluding hydrogens is 230 g/mol. The van der Waals surface area contributed by atoms with Gasteiger partial charge >= 0.3 is 0 Å². The number of hydrogen-bond donors (Lipinski definition) is 1. The van der Waals surface area contributed by atoms with E-state index in [0.717, 1.165) is 12.8 Å². The quantitative estimate of drug-likeness (QED) is 0.867. The lowest BCUT2D eigenvalue weighted by atomic mass is 9.96. The molecule has 0 aromatic carbocycles. The van der Waals surface area contributed by atoms with Crippen LogP contribution in [0.2, 0.25) is 0 Å². The minimum absolute atomic E-state index is 0.331. The van der Waals surface area contributed by atoms with Gasteiger partial charge in [-0.15, -0.1) is 0 Å². The van der Waals surface area contributed by atoms with Crippen molar-refractivity contribution in [2.24, 2.45) is 5.73 Å². The number of rotatable bonds is 4.